The van der Waals surface area contributed by atoms with Crippen LogP contribution in [0.1, 0.15) is 11.1 Å². The van der Waals surface area contributed by atoms with Gasteiger partial charge in [0.15, 0.2) is 0 Å². The van der Waals surface area contributed by atoms with E-state index in [1.165, 1.54) is 11.1 Å². The minimum atomic E-state index is 0.345. The van der Waals surface area contributed by atoms with Crippen LogP contribution in [0.2, 0.25) is 0 Å². The monoisotopic (exact) mass is 384 g/mol. The minimum absolute atomic E-state index is 0.345. The van der Waals surface area contributed by atoms with Gasteiger partial charge in [0.25, 0.3) is 5.89 Å². The second-order valence-corrected chi connectivity index (χ2v) is 7.16. The van der Waals surface area contributed by atoms with Crippen molar-refractivity contribution >= 4 is 11.7 Å². The van der Waals surface area contributed by atoms with Crippen LogP contribution in [0.15, 0.2) is 65.3 Å². The Kier molecular flexibility index (Phi) is 4.50. The largest absolute Gasteiger partial charge is 0.401 e. The summed E-state index contributed by atoms with van der Waals surface area (Å²) in [4.78, 5) is 11.1. The Bertz CT molecular complexity index is 1140. The van der Waals surface area contributed by atoms with E-state index in [-0.39, 0.29) is 0 Å². The van der Waals surface area contributed by atoms with E-state index in [0.717, 1.165) is 36.5 Å². The zero-order valence-corrected chi connectivity index (χ0v) is 16.0. The molecule has 0 saturated heterocycles. The molecule has 144 valence electrons. The normalized spacial score (nSPS) is 13.8. The molecule has 4 aromatic rings. The van der Waals surface area contributed by atoms with Gasteiger partial charge in [-0.25, -0.2) is 4.98 Å². The third kappa shape index (κ3) is 3.72. The molecular weight excluding hydrogens is 364 g/mol. The van der Waals surface area contributed by atoms with Gasteiger partial charge in [-0.05, 0) is 61.0 Å². The highest BCUT2D eigenvalue weighted by Crippen LogP contribution is 2.26. The van der Waals surface area contributed by atoms with Gasteiger partial charge in [-0.3, -0.25) is 4.98 Å². The summed E-state index contributed by atoms with van der Waals surface area (Å²) in [5.41, 5.74) is 6.03. The van der Waals surface area contributed by atoms with Gasteiger partial charge in [0, 0.05) is 36.7 Å². The van der Waals surface area contributed by atoms with Crippen LogP contribution in [-0.2, 0) is 13.0 Å². The number of likely N-dealkylation sites (N-methyl/N-ethyl adjacent to an activating group) is 1. The van der Waals surface area contributed by atoms with Crippen molar-refractivity contribution in [2.75, 3.05) is 18.9 Å². The lowest BCUT2D eigenvalue weighted by Gasteiger charge is -2.25. The van der Waals surface area contributed by atoms with Crippen molar-refractivity contribution in [1.29, 1.82) is 0 Å². The molecule has 0 spiro atoms. The summed E-state index contributed by atoms with van der Waals surface area (Å²) in [7, 11) is 2.14. The Morgan fingerprint density at radius 2 is 1.93 bits per heavy atom. The first-order valence-electron chi connectivity index (χ1n) is 9.53. The standard InChI is InChI=1S/C22H20N6O/c1-28-11-9-15-7-8-18(12-17(15)14-28)24-22-27-26-21(29-22)20-6-2-5-19(25-20)16-4-3-10-23-13-16/h2-8,10,12-13H,9,11,14H2,1H3,(H,24,27). The summed E-state index contributed by atoms with van der Waals surface area (Å²) >= 11 is 0. The molecule has 7 heteroatoms. The lowest BCUT2D eigenvalue weighted by molar-refractivity contribution is 0.313. The number of fused-ring (bicyclic) bond motifs is 1. The van der Waals surface area contributed by atoms with Gasteiger partial charge in [-0.1, -0.05) is 17.2 Å². The Morgan fingerprint density at radius 3 is 2.83 bits per heavy atom. The smallest absolute Gasteiger partial charge is 0.320 e. The van der Waals surface area contributed by atoms with E-state index in [9.17, 15) is 0 Å². The lowest BCUT2D eigenvalue weighted by Crippen LogP contribution is -2.26. The summed E-state index contributed by atoms with van der Waals surface area (Å²) in [6.45, 7) is 2.04. The van der Waals surface area contributed by atoms with Gasteiger partial charge in [-0.2, -0.15) is 0 Å². The van der Waals surface area contributed by atoms with Crippen LogP contribution in [0.25, 0.3) is 22.8 Å². The zero-order chi connectivity index (χ0) is 19.6. The van der Waals surface area contributed by atoms with E-state index in [4.69, 9.17) is 4.42 Å². The van der Waals surface area contributed by atoms with E-state index in [1.54, 1.807) is 12.4 Å². The van der Waals surface area contributed by atoms with Gasteiger partial charge in [-0.15, -0.1) is 5.10 Å². The summed E-state index contributed by atoms with van der Waals surface area (Å²) in [5.74, 6) is 0.371. The van der Waals surface area contributed by atoms with Crippen LogP contribution in [0.4, 0.5) is 11.7 Å². The van der Waals surface area contributed by atoms with Gasteiger partial charge in [0.05, 0.1) is 5.69 Å². The number of pyridine rings is 2. The first kappa shape index (κ1) is 17.5. The summed E-state index contributed by atoms with van der Waals surface area (Å²) in [6, 6.07) is 16.3. The second kappa shape index (κ2) is 7.44. The Balaban J connectivity index is 1.37. The van der Waals surface area contributed by atoms with Crippen molar-refractivity contribution < 1.29 is 4.42 Å². The topological polar surface area (TPSA) is 80.0 Å². The maximum atomic E-state index is 5.81. The average Bonchev–Trinajstić information content (AvgIpc) is 3.23. The fourth-order valence-electron chi connectivity index (χ4n) is 3.51. The fraction of sp³-hybridized carbons (Fsp3) is 0.182. The number of nitrogens with zero attached hydrogens (tertiary/aromatic N) is 5. The highest BCUT2D eigenvalue weighted by Gasteiger charge is 2.15. The lowest BCUT2D eigenvalue weighted by atomic mass is 9.99. The number of benzene rings is 1. The van der Waals surface area contributed by atoms with Gasteiger partial charge in [0.1, 0.15) is 5.69 Å². The molecule has 1 aliphatic rings. The van der Waals surface area contributed by atoms with Gasteiger partial charge < -0.3 is 14.6 Å². The van der Waals surface area contributed by atoms with Crippen molar-refractivity contribution in [2.45, 2.75) is 13.0 Å². The Hall–Kier alpha value is -3.58. The zero-order valence-electron chi connectivity index (χ0n) is 16.0. The molecule has 0 aliphatic carbocycles. The SMILES string of the molecule is CN1CCc2ccc(Nc3nnc(-c4cccc(-c5cccnc5)n4)o3)cc2C1. The number of nitrogens with one attached hydrogen (secondary N) is 1. The summed E-state index contributed by atoms with van der Waals surface area (Å²) in [6.07, 6.45) is 4.60. The number of aromatic nitrogens is 4. The van der Waals surface area contributed by atoms with Crippen molar-refractivity contribution in [3.63, 3.8) is 0 Å². The van der Waals surface area contributed by atoms with Crippen LogP contribution in [0.5, 0.6) is 0 Å². The van der Waals surface area contributed by atoms with Crippen molar-refractivity contribution in [3.05, 3.63) is 72.1 Å². The molecule has 1 aromatic carbocycles. The molecule has 0 unspecified atom stereocenters. The maximum Gasteiger partial charge on any atom is 0.320 e. The van der Waals surface area contributed by atoms with Gasteiger partial charge >= 0.3 is 6.01 Å². The molecule has 7 nitrogen and oxygen atoms in total. The predicted octanol–water partition coefficient (Wildman–Crippen LogP) is 3.93. The quantitative estimate of drug-likeness (QED) is 0.571. The molecule has 1 aliphatic heterocycles. The van der Waals surface area contributed by atoms with E-state index >= 15 is 0 Å². The van der Waals surface area contributed by atoms with Crippen LogP contribution in [0.3, 0.4) is 0 Å². The molecule has 4 heterocycles. The molecule has 0 saturated carbocycles. The van der Waals surface area contributed by atoms with Crippen LogP contribution in [-0.4, -0.2) is 38.7 Å². The molecule has 0 fully saturated rings. The molecule has 3 aromatic heterocycles. The first-order valence-corrected chi connectivity index (χ1v) is 9.53. The third-order valence-corrected chi connectivity index (χ3v) is 5.01. The fourth-order valence-corrected chi connectivity index (χ4v) is 3.51. The van der Waals surface area contributed by atoms with Crippen molar-refractivity contribution in [3.8, 4) is 22.8 Å². The second-order valence-electron chi connectivity index (χ2n) is 7.16. The Morgan fingerprint density at radius 1 is 1.00 bits per heavy atom. The summed E-state index contributed by atoms with van der Waals surface area (Å²) < 4.78 is 5.81. The number of hydrogen-bond acceptors (Lipinski definition) is 7. The molecule has 0 radical (unpaired) electrons. The molecule has 1 N–H and O–H groups in total. The van der Waals surface area contributed by atoms with E-state index in [0.29, 0.717) is 17.6 Å². The number of hydrogen-bond donors (Lipinski definition) is 1. The van der Waals surface area contributed by atoms with Crippen LogP contribution in [0, 0.1) is 0 Å². The third-order valence-electron chi connectivity index (χ3n) is 5.01. The maximum absolute atomic E-state index is 5.81. The molecule has 0 bridgehead atoms. The van der Waals surface area contributed by atoms with Crippen LogP contribution >= 0.6 is 0 Å². The number of rotatable bonds is 4. The van der Waals surface area contributed by atoms with Gasteiger partial charge in [0.2, 0.25) is 0 Å². The number of anilines is 2. The molecule has 29 heavy (non-hydrogen) atoms. The van der Waals surface area contributed by atoms with E-state index in [1.807, 2.05) is 30.3 Å². The highest BCUT2D eigenvalue weighted by atomic mass is 16.4. The summed E-state index contributed by atoms with van der Waals surface area (Å²) in [5, 5.41) is 11.5. The molecule has 5 rings (SSSR count). The first-order chi connectivity index (χ1) is 14.2. The Labute approximate surface area is 168 Å². The predicted molar refractivity (Wildman–Crippen MR) is 111 cm³/mol. The highest BCUT2D eigenvalue weighted by molar-refractivity contribution is 5.62. The minimum Gasteiger partial charge on any atom is -0.401 e. The molecular formula is C22H20N6O. The van der Waals surface area contributed by atoms with Crippen LogP contribution < -0.4 is 5.32 Å². The van der Waals surface area contributed by atoms with Crippen molar-refractivity contribution in [1.82, 2.24) is 25.1 Å². The van der Waals surface area contributed by atoms with Crippen molar-refractivity contribution in [2.24, 2.45) is 0 Å². The molecule has 0 amide bonds. The average molecular weight is 384 g/mol. The van der Waals surface area contributed by atoms with E-state index in [2.05, 4.69) is 55.6 Å². The van der Waals surface area contributed by atoms with E-state index < -0.39 is 0 Å². The molecule has 0 atom stereocenters.